The molecular formula is C19H31N3O2S. The van der Waals surface area contributed by atoms with Gasteiger partial charge in [-0.15, -0.1) is 11.8 Å². The largest absolute Gasteiger partial charge is 0.379 e. The quantitative estimate of drug-likeness (QED) is 0.289. The molecule has 1 saturated heterocycles. The zero-order valence-corrected chi connectivity index (χ0v) is 16.2. The summed E-state index contributed by atoms with van der Waals surface area (Å²) in [6, 6.07) is 8.64. The van der Waals surface area contributed by atoms with Crippen molar-refractivity contribution in [1.29, 1.82) is 0 Å². The molecule has 1 aromatic rings. The topological polar surface area (TPSA) is 54.9 Å². The highest BCUT2D eigenvalue weighted by Crippen LogP contribution is 2.17. The molecule has 0 aromatic heterocycles. The minimum Gasteiger partial charge on any atom is -0.379 e. The molecule has 2 N–H and O–H groups in total. The molecule has 0 bridgehead atoms. The second-order valence-corrected chi connectivity index (χ2v) is 7.32. The maximum atomic E-state index is 5.66. The molecule has 0 radical (unpaired) electrons. The zero-order valence-electron chi connectivity index (χ0n) is 15.4. The molecule has 5 nitrogen and oxygen atoms in total. The molecule has 25 heavy (non-hydrogen) atoms. The van der Waals surface area contributed by atoms with Crippen LogP contribution >= 0.6 is 11.8 Å². The number of nitrogens with one attached hydrogen (secondary N) is 2. The maximum absolute atomic E-state index is 5.66. The molecule has 0 spiro atoms. The number of benzene rings is 1. The van der Waals surface area contributed by atoms with Gasteiger partial charge in [-0.1, -0.05) is 17.7 Å². The third-order valence-corrected chi connectivity index (χ3v) is 5.01. The van der Waals surface area contributed by atoms with Crippen LogP contribution in [0.1, 0.15) is 24.8 Å². The standard InChI is InChI=1S/C19H31N3O2S/c1-16-6-8-18(9-7-16)25-14-11-22-19(20-2)21-10-4-12-23-15-17-5-3-13-24-17/h6-9,17H,3-5,10-15H2,1-2H3,(H2,20,21,22). The number of hydrogen-bond acceptors (Lipinski definition) is 4. The van der Waals surface area contributed by atoms with E-state index in [1.165, 1.54) is 16.9 Å². The third-order valence-electron chi connectivity index (χ3n) is 3.99. The highest BCUT2D eigenvalue weighted by Gasteiger charge is 2.14. The molecule has 6 heteroatoms. The monoisotopic (exact) mass is 365 g/mol. The van der Waals surface area contributed by atoms with Crippen molar-refractivity contribution < 1.29 is 9.47 Å². The number of hydrogen-bond donors (Lipinski definition) is 2. The van der Waals surface area contributed by atoms with Gasteiger partial charge >= 0.3 is 0 Å². The number of nitrogens with zero attached hydrogens (tertiary/aromatic N) is 1. The Morgan fingerprint density at radius 3 is 2.80 bits per heavy atom. The van der Waals surface area contributed by atoms with Gasteiger partial charge in [-0.2, -0.15) is 0 Å². The lowest BCUT2D eigenvalue weighted by Crippen LogP contribution is -2.39. The van der Waals surface area contributed by atoms with Gasteiger partial charge in [0.15, 0.2) is 5.96 Å². The lowest BCUT2D eigenvalue weighted by Gasteiger charge is -2.13. The van der Waals surface area contributed by atoms with Crippen LogP contribution in [0.4, 0.5) is 0 Å². The van der Waals surface area contributed by atoms with E-state index < -0.39 is 0 Å². The molecule has 1 aliphatic rings. The third kappa shape index (κ3) is 8.61. The maximum Gasteiger partial charge on any atom is 0.191 e. The summed E-state index contributed by atoms with van der Waals surface area (Å²) in [6.07, 6.45) is 3.58. The minimum absolute atomic E-state index is 0.313. The first kappa shape index (κ1) is 20.1. The van der Waals surface area contributed by atoms with E-state index in [1.54, 1.807) is 7.05 Å². The molecule has 0 aliphatic carbocycles. The minimum atomic E-state index is 0.313. The molecule has 1 aromatic carbocycles. The summed E-state index contributed by atoms with van der Waals surface area (Å²) in [5.41, 5.74) is 1.30. The van der Waals surface area contributed by atoms with Crippen molar-refractivity contribution in [2.24, 2.45) is 4.99 Å². The molecule has 1 atom stereocenters. The molecule has 1 unspecified atom stereocenters. The van der Waals surface area contributed by atoms with Gasteiger partial charge in [-0.3, -0.25) is 4.99 Å². The zero-order chi connectivity index (χ0) is 17.7. The van der Waals surface area contributed by atoms with E-state index in [9.17, 15) is 0 Å². The van der Waals surface area contributed by atoms with Crippen LogP contribution in [-0.4, -0.2) is 57.8 Å². The van der Waals surface area contributed by atoms with Crippen molar-refractivity contribution >= 4 is 17.7 Å². The van der Waals surface area contributed by atoms with Crippen LogP contribution in [0, 0.1) is 6.92 Å². The van der Waals surface area contributed by atoms with E-state index in [0.717, 1.165) is 57.5 Å². The van der Waals surface area contributed by atoms with Gasteiger partial charge in [-0.25, -0.2) is 0 Å². The average molecular weight is 366 g/mol. The van der Waals surface area contributed by atoms with Crippen LogP contribution in [0.15, 0.2) is 34.2 Å². The SMILES string of the molecule is CN=C(NCCCOCC1CCCO1)NCCSc1ccc(C)cc1. The van der Waals surface area contributed by atoms with Crippen molar-refractivity contribution in [2.75, 3.05) is 45.7 Å². The predicted molar refractivity (Wildman–Crippen MR) is 106 cm³/mol. The van der Waals surface area contributed by atoms with Crippen LogP contribution in [0.3, 0.4) is 0 Å². The Bertz CT molecular complexity index is 502. The highest BCUT2D eigenvalue weighted by molar-refractivity contribution is 7.99. The number of aryl methyl sites for hydroxylation is 1. The first-order valence-electron chi connectivity index (χ1n) is 9.11. The van der Waals surface area contributed by atoms with Gasteiger partial charge < -0.3 is 20.1 Å². The fraction of sp³-hybridized carbons (Fsp3) is 0.632. The van der Waals surface area contributed by atoms with Crippen molar-refractivity contribution in [3.63, 3.8) is 0 Å². The molecule has 2 rings (SSSR count). The average Bonchev–Trinajstić information content (AvgIpc) is 3.14. The van der Waals surface area contributed by atoms with E-state index in [-0.39, 0.29) is 0 Å². The van der Waals surface area contributed by atoms with Crippen molar-refractivity contribution in [2.45, 2.75) is 37.2 Å². The number of thioether (sulfide) groups is 1. The van der Waals surface area contributed by atoms with Crippen LogP contribution in [0.2, 0.25) is 0 Å². The Hall–Kier alpha value is -1.24. The van der Waals surface area contributed by atoms with Crippen LogP contribution in [0.5, 0.6) is 0 Å². The predicted octanol–water partition coefficient (Wildman–Crippen LogP) is 2.84. The number of ether oxygens (including phenoxy) is 2. The highest BCUT2D eigenvalue weighted by atomic mass is 32.2. The summed E-state index contributed by atoms with van der Waals surface area (Å²) in [7, 11) is 1.80. The van der Waals surface area contributed by atoms with Gasteiger partial charge in [0.05, 0.1) is 12.7 Å². The lowest BCUT2D eigenvalue weighted by atomic mass is 10.2. The first-order valence-corrected chi connectivity index (χ1v) is 10.1. The second kappa shape index (κ2) is 12.2. The Morgan fingerprint density at radius 1 is 1.28 bits per heavy atom. The van der Waals surface area contributed by atoms with Gasteiger partial charge in [0.2, 0.25) is 0 Å². The van der Waals surface area contributed by atoms with Crippen molar-refractivity contribution in [3.05, 3.63) is 29.8 Å². The Morgan fingerprint density at radius 2 is 2.08 bits per heavy atom. The molecule has 1 aliphatic heterocycles. The van der Waals surface area contributed by atoms with Gasteiger partial charge in [0, 0.05) is 44.0 Å². The summed E-state index contributed by atoms with van der Waals surface area (Å²) < 4.78 is 11.2. The summed E-state index contributed by atoms with van der Waals surface area (Å²) in [6.45, 7) is 6.22. The smallest absolute Gasteiger partial charge is 0.191 e. The molecule has 0 saturated carbocycles. The Labute approximate surface area is 156 Å². The van der Waals surface area contributed by atoms with Gasteiger partial charge in [0.1, 0.15) is 0 Å². The normalized spacial score (nSPS) is 17.7. The fourth-order valence-electron chi connectivity index (χ4n) is 2.57. The first-order chi connectivity index (χ1) is 12.3. The van der Waals surface area contributed by atoms with E-state index in [0.29, 0.717) is 6.10 Å². The van der Waals surface area contributed by atoms with Crippen molar-refractivity contribution in [3.8, 4) is 0 Å². The summed E-state index contributed by atoms with van der Waals surface area (Å²) >= 11 is 1.85. The van der Waals surface area contributed by atoms with Gasteiger partial charge in [0.25, 0.3) is 0 Å². The number of rotatable bonds is 10. The molecule has 140 valence electrons. The molecule has 1 heterocycles. The fourth-order valence-corrected chi connectivity index (χ4v) is 3.33. The van der Waals surface area contributed by atoms with Crippen LogP contribution < -0.4 is 10.6 Å². The van der Waals surface area contributed by atoms with E-state index >= 15 is 0 Å². The Balaban J connectivity index is 1.46. The molecular weight excluding hydrogens is 334 g/mol. The van der Waals surface area contributed by atoms with Gasteiger partial charge in [-0.05, 0) is 38.3 Å². The molecule has 1 fully saturated rings. The molecule has 0 amide bonds. The van der Waals surface area contributed by atoms with Crippen LogP contribution in [-0.2, 0) is 9.47 Å². The summed E-state index contributed by atoms with van der Waals surface area (Å²) in [4.78, 5) is 5.55. The second-order valence-electron chi connectivity index (χ2n) is 6.15. The number of guanidine groups is 1. The van der Waals surface area contributed by atoms with Crippen LogP contribution in [0.25, 0.3) is 0 Å². The Kier molecular flexibility index (Phi) is 9.77. The summed E-state index contributed by atoms with van der Waals surface area (Å²) in [5, 5.41) is 6.67. The van der Waals surface area contributed by atoms with E-state index in [4.69, 9.17) is 9.47 Å². The lowest BCUT2D eigenvalue weighted by molar-refractivity contribution is 0.0168. The van der Waals surface area contributed by atoms with Crippen molar-refractivity contribution in [1.82, 2.24) is 10.6 Å². The van der Waals surface area contributed by atoms with E-state index in [1.807, 2.05) is 11.8 Å². The summed E-state index contributed by atoms with van der Waals surface area (Å²) in [5.74, 6) is 1.86. The van der Waals surface area contributed by atoms with E-state index in [2.05, 4.69) is 46.8 Å². The number of aliphatic imine (C=N–C) groups is 1.